The fourth-order valence-electron chi connectivity index (χ4n) is 1.42. The molecule has 2 aliphatic rings. The van der Waals surface area contributed by atoms with Crippen molar-refractivity contribution < 1.29 is 14.7 Å². The van der Waals surface area contributed by atoms with Crippen molar-refractivity contribution in [2.45, 2.75) is 0 Å². The molecule has 14 heavy (non-hydrogen) atoms. The van der Waals surface area contributed by atoms with Crippen LogP contribution in [0.25, 0.3) is 0 Å². The summed E-state index contributed by atoms with van der Waals surface area (Å²) in [4.78, 5) is 26.8. The number of allylic oxidation sites excluding steroid dienone is 1. The second-order valence-electron chi connectivity index (χ2n) is 3.05. The number of fused-ring (bicyclic) bond motifs is 1. The molecule has 1 atom stereocenters. The predicted octanol–water partition coefficient (Wildman–Crippen LogP) is 0.647. The van der Waals surface area contributed by atoms with Crippen molar-refractivity contribution in [3.05, 3.63) is 24.0 Å². The van der Waals surface area contributed by atoms with Crippen molar-refractivity contribution in [2.75, 3.05) is 6.54 Å². The van der Waals surface area contributed by atoms with Gasteiger partial charge >= 0.3 is 6.09 Å². The van der Waals surface area contributed by atoms with E-state index in [4.69, 9.17) is 5.11 Å². The number of aliphatic imine (C=N–C) groups is 1. The van der Waals surface area contributed by atoms with Gasteiger partial charge in [0.2, 0.25) is 0 Å². The summed E-state index contributed by atoms with van der Waals surface area (Å²) < 4.78 is 0. The third-order valence-corrected chi connectivity index (χ3v) is 2.14. The van der Waals surface area contributed by atoms with Crippen LogP contribution in [-0.2, 0) is 4.79 Å². The number of rotatable bonds is 0. The fourth-order valence-corrected chi connectivity index (χ4v) is 1.42. The minimum Gasteiger partial charge on any atom is -0.464 e. The standard InChI is InChI=1S/C9H8N2O3/c12-8-4-10-3-6-1-2-11(9(13)14)5-7(6)8/h1-3,5-6H,4H2,(H,13,14). The first-order valence-corrected chi connectivity index (χ1v) is 4.13. The van der Waals surface area contributed by atoms with E-state index in [2.05, 4.69) is 4.99 Å². The topological polar surface area (TPSA) is 70.0 Å². The molecule has 1 amide bonds. The van der Waals surface area contributed by atoms with Gasteiger partial charge in [-0.3, -0.25) is 14.7 Å². The van der Waals surface area contributed by atoms with E-state index in [9.17, 15) is 9.59 Å². The molecule has 72 valence electrons. The number of ketones is 1. The van der Waals surface area contributed by atoms with E-state index < -0.39 is 6.09 Å². The number of carbonyl (C=O) groups is 2. The minimum atomic E-state index is -1.09. The molecule has 2 heterocycles. The van der Waals surface area contributed by atoms with Gasteiger partial charge in [-0.15, -0.1) is 0 Å². The molecule has 1 N–H and O–H groups in total. The number of carbonyl (C=O) groups excluding carboxylic acids is 1. The number of Topliss-reactive ketones (excluding diaryl/α,β-unsaturated/α-hetero) is 1. The van der Waals surface area contributed by atoms with Crippen LogP contribution in [0, 0.1) is 5.92 Å². The molecular formula is C9H8N2O3. The molecule has 5 nitrogen and oxygen atoms in total. The highest BCUT2D eigenvalue weighted by Crippen LogP contribution is 2.21. The van der Waals surface area contributed by atoms with Gasteiger partial charge in [0, 0.05) is 30.1 Å². The lowest BCUT2D eigenvalue weighted by atomic mass is 9.93. The summed E-state index contributed by atoms with van der Waals surface area (Å²) in [5.74, 6) is -0.278. The third-order valence-electron chi connectivity index (χ3n) is 2.14. The first-order chi connectivity index (χ1) is 6.68. The Hall–Kier alpha value is -1.91. The quantitative estimate of drug-likeness (QED) is 0.612. The predicted molar refractivity (Wildman–Crippen MR) is 48.9 cm³/mol. The third kappa shape index (κ3) is 1.32. The van der Waals surface area contributed by atoms with Crippen molar-refractivity contribution in [1.82, 2.24) is 4.90 Å². The molecule has 0 radical (unpaired) electrons. The molecule has 0 saturated heterocycles. The van der Waals surface area contributed by atoms with Crippen molar-refractivity contribution in [3.63, 3.8) is 0 Å². The lowest BCUT2D eigenvalue weighted by Gasteiger charge is -2.22. The van der Waals surface area contributed by atoms with Crippen molar-refractivity contribution in [1.29, 1.82) is 0 Å². The van der Waals surface area contributed by atoms with Crippen LogP contribution in [-0.4, -0.2) is 34.6 Å². The lowest BCUT2D eigenvalue weighted by molar-refractivity contribution is -0.114. The van der Waals surface area contributed by atoms with Gasteiger partial charge in [0.05, 0.1) is 0 Å². The summed E-state index contributed by atoms with van der Waals surface area (Å²) in [6.45, 7) is 0.115. The Kier molecular flexibility index (Phi) is 1.92. The molecule has 0 bridgehead atoms. The Morgan fingerprint density at radius 2 is 2.43 bits per heavy atom. The molecular weight excluding hydrogens is 184 g/mol. The van der Waals surface area contributed by atoms with Crippen LogP contribution >= 0.6 is 0 Å². The van der Waals surface area contributed by atoms with E-state index in [0.717, 1.165) is 4.90 Å². The SMILES string of the molecule is O=C1CN=CC2C=CN(C(=O)O)C=C12. The summed E-state index contributed by atoms with van der Waals surface area (Å²) in [6.07, 6.45) is 4.97. The zero-order valence-electron chi connectivity index (χ0n) is 7.25. The van der Waals surface area contributed by atoms with E-state index in [1.165, 1.54) is 12.4 Å². The van der Waals surface area contributed by atoms with Gasteiger partial charge in [-0.05, 0) is 0 Å². The van der Waals surface area contributed by atoms with E-state index in [1.54, 1.807) is 12.3 Å². The number of nitrogens with zero attached hydrogens (tertiary/aromatic N) is 2. The van der Waals surface area contributed by atoms with Gasteiger partial charge in [0.1, 0.15) is 6.54 Å². The Bertz CT molecular complexity index is 382. The second kappa shape index (κ2) is 3.10. The van der Waals surface area contributed by atoms with E-state index >= 15 is 0 Å². The molecule has 0 saturated carbocycles. The van der Waals surface area contributed by atoms with Crippen LogP contribution in [0.3, 0.4) is 0 Å². The van der Waals surface area contributed by atoms with Gasteiger partial charge in [-0.1, -0.05) is 6.08 Å². The Morgan fingerprint density at radius 3 is 3.14 bits per heavy atom. The van der Waals surface area contributed by atoms with E-state index in [-0.39, 0.29) is 18.2 Å². The van der Waals surface area contributed by atoms with Crippen LogP contribution < -0.4 is 0 Å². The number of hydrogen-bond donors (Lipinski definition) is 1. The van der Waals surface area contributed by atoms with E-state index in [0.29, 0.717) is 5.57 Å². The summed E-state index contributed by atoms with van der Waals surface area (Å²) >= 11 is 0. The van der Waals surface area contributed by atoms with Gasteiger partial charge in [0.15, 0.2) is 5.78 Å². The number of amides is 1. The molecule has 0 aromatic rings. The Balaban J connectivity index is 2.33. The number of carboxylic acid groups (broad SMARTS) is 1. The first-order valence-electron chi connectivity index (χ1n) is 4.13. The highest BCUT2D eigenvalue weighted by atomic mass is 16.4. The fraction of sp³-hybridized carbons (Fsp3) is 0.222. The molecule has 0 aliphatic carbocycles. The lowest BCUT2D eigenvalue weighted by Crippen LogP contribution is -2.29. The zero-order valence-corrected chi connectivity index (χ0v) is 7.25. The molecule has 0 aromatic carbocycles. The van der Waals surface area contributed by atoms with E-state index in [1.807, 2.05) is 0 Å². The monoisotopic (exact) mass is 192 g/mol. The summed E-state index contributed by atoms with van der Waals surface area (Å²) in [5.41, 5.74) is 0.491. The van der Waals surface area contributed by atoms with Gasteiger partial charge in [-0.25, -0.2) is 4.79 Å². The Labute approximate surface area is 80.0 Å². The molecule has 2 rings (SSSR count). The summed E-state index contributed by atoms with van der Waals surface area (Å²) in [5, 5.41) is 8.70. The maximum absolute atomic E-state index is 11.4. The molecule has 0 spiro atoms. The maximum atomic E-state index is 11.4. The summed E-state index contributed by atoms with van der Waals surface area (Å²) in [7, 11) is 0. The Morgan fingerprint density at radius 1 is 1.64 bits per heavy atom. The van der Waals surface area contributed by atoms with Crippen molar-refractivity contribution in [3.8, 4) is 0 Å². The first kappa shape index (κ1) is 8.68. The average molecular weight is 192 g/mol. The van der Waals surface area contributed by atoms with Crippen molar-refractivity contribution in [2.24, 2.45) is 10.9 Å². The zero-order chi connectivity index (χ0) is 10.1. The second-order valence-corrected chi connectivity index (χ2v) is 3.05. The maximum Gasteiger partial charge on any atom is 0.415 e. The van der Waals surface area contributed by atoms with Crippen LogP contribution in [0.2, 0.25) is 0 Å². The highest BCUT2D eigenvalue weighted by Gasteiger charge is 2.25. The van der Waals surface area contributed by atoms with Crippen LogP contribution in [0.1, 0.15) is 0 Å². The van der Waals surface area contributed by atoms with Crippen LogP contribution in [0.15, 0.2) is 29.0 Å². The molecule has 0 aromatic heterocycles. The molecule has 5 heteroatoms. The van der Waals surface area contributed by atoms with Crippen molar-refractivity contribution >= 4 is 18.1 Å². The number of hydrogen-bond acceptors (Lipinski definition) is 3. The average Bonchev–Trinajstić information content (AvgIpc) is 2.18. The van der Waals surface area contributed by atoms with Gasteiger partial charge < -0.3 is 5.11 Å². The smallest absolute Gasteiger partial charge is 0.415 e. The summed E-state index contributed by atoms with van der Waals surface area (Å²) in [6, 6.07) is 0. The largest absolute Gasteiger partial charge is 0.464 e. The van der Waals surface area contributed by atoms with Crippen LogP contribution in [0.5, 0.6) is 0 Å². The normalized spacial score (nSPS) is 24.6. The van der Waals surface area contributed by atoms with Gasteiger partial charge in [0.25, 0.3) is 0 Å². The molecule has 0 fully saturated rings. The highest BCUT2D eigenvalue weighted by molar-refractivity contribution is 6.04. The molecule has 1 unspecified atom stereocenters. The molecule has 2 aliphatic heterocycles. The minimum absolute atomic E-state index is 0.115. The van der Waals surface area contributed by atoms with Gasteiger partial charge in [-0.2, -0.15) is 0 Å². The van der Waals surface area contributed by atoms with Crippen LogP contribution in [0.4, 0.5) is 4.79 Å².